The van der Waals surface area contributed by atoms with Gasteiger partial charge in [-0.05, 0) is 38.6 Å². The number of phenols is 1. The predicted octanol–water partition coefficient (Wildman–Crippen LogP) is 4.27. The van der Waals surface area contributed by atoms with Crippen LogP contribution in [0.15, 0.2) is 36.4 Å². The minimum absolute atomic E-state index is 0.192. The number of aromatic nitrogens is 2. The van der Waals surface area contributed by atoms with E-state index in [0.717, 1.165) is 27.5 Å². The van der Waals surface area contributed by atoms with Gasteiger partial charge in [0.15, 0.2) is 11.5 Å². The van der Waals surface area contributed by atoms with E-state index in [-0.39, 0.29) is 12.5 Å². The van der Waals surface area contributed by atoms with Gasteiger partial charge in [-0.15, -0.1) is 0 Å². The Morgan fingerprint density at radius 1 is 1.10 bits per heavy atom. The Bertz CT molecular complexity index is 1050. The van der Waals surface area contributed by atoms with Crippen LogP contribution in [-0.4, -0.2) is 33.6 Å². The predicted molar refractivity (Wildman–Crippen MR) is 112 cm³/mol. The zero-order valence-electron chi connectivity index (χ0n) is 16.8. The van der Waals surface area contributed by atoms with Crippen molar-refractivity contribution in [2.45, 2.75) is 33.5 Å². The Kier molecular flexibility index (Phi) is 5.39. The minimum Gasteiger partial charge on any atom is -0.507 e. The molecule has 1 N–H and O–H groups in total. The third-order valence-corrected chi connectivity index (χ3v) is 5.62. The summed E-state index contributed by atoms with van der Waals surface area (Å²) in [6.45, 7) is 6.23. The number of phenolic OH excluding ortho intramolecular Hbond substituents is 1. The van der Waals surface area contributed by atoms with E-state index in [0.29, 0.717) is 31.1 Å². The SMILES string of the molecule is Cc1nn(Cc2ccccc2Cl)c(C)c1CN(C)Cc1cc2c(cc1O)OCO2. The molecule has 29 heavy (non-hydrogen) atoms. The van der Waals surface area contributed by atoms with E-state index >= 15 is 0 Å². The average Bonchev–Trinajstić information content (AvgIpc) is 3.23. The lowest BCUT2D eigenvalue weighted by atomic mass is 10.1. The average molecular weight is 414 g/mol. The lowest BCUT2D eigenvalue weighted by Gasteiger charge is -2.18. The molecule has 4 rings (SSSR count). The van der Waals surface area contributed by atoms with E-state index in [1.54, 1.807) is 6.07 Å². The third kappa shape index (κ3) is 4.04. The number of nitrogens with zero attached hydrogens (tertiary/aromatic N) is 3. The van der Waals surface area contributed by atoms with Crippen LogP contribution in [-0.2, 0) is 19.6 Å². The van der Waals surface area contributed by atoms with Crippen LogP contribution in [0.25, 0.3) is 0 Å². The first kappa shape index (κ1) is 19.6. The van der Waals surface area contributed by atoms with Gasteiger partial charge in [-0.25, -0.2) is 0 Å². The Labute approximate surface area is 175 Å². The lowest BCUT2D eigenvalue weighted by Crippen LogP contribution is -2.18. The number of fused-ring (bicyclic) bond motifs is 1. The van der Waals surface area contributed by atoms with Crippen LogP contribution < -0.4 is 9.47 Å². The molecule has 0 bridgehead atoms. The van der Waals surface area contributed by atoms with Crippen molar-refractivity contribution >= 4 is 11.6 Å². The van der Waals surface area contributed by atoms with Crippen LogP contribution in [0, 0.1) is 13.8 Å². The fraction of sp³-hybridized carbons (Fsp3) is 0.318. The first-order valence-corrected chi connectivity index (χ1v) is 9.86. The first-order valence-electron chi connectivity index (χ1n) is 9.48. The van der Waals surface area contributed by atoms with Crippen LogP contribution in [0.1, 0.15) is 28.1 Å². The summed E-state index contributed by atoms with van der Waals surface area (Å²) in [7, 11) is 2.02. The molecule has 3 aromatic rings. The molecule has 0 atom stereocenters. The number of rotatable bonds is 6. The summed E-state index contributed by atoms with van der Waals surface area (Å²) in [6.07, 6.45) is 0. The van der Waals surface area contributed by atoms with Gasteiger partial charge in [0.05, 0.1) is 12.2 Å². The Hall–Kier alpha value is -2.70. The Morgan fingerprint density at radius 2 is 1.83 bits per heavy atom. The van der Waals surface area contributed by atoms with Gasteiger partial charge in [-0.1, -0.05) is 29.8 Å². The molecule has 1 aliphatic heterocycles. The van der Waals surface area contributed by atoms with Gasteiger partial charge < -0.3 is 14.6 Å². The number of hydrogen-bond acceptors (Lipinski definition) is 5. The van der Waals surface area contributed by atoms with Gasteiger partial charge in [0.25, 0.3) is 0 Å². The Balaban J connectivity index is 1.50. The van der Waals surface area contributed by atoms with Crippen LogP contribution in [0.5, 0.6) is 17.2 Å². The molecule has 2 aromatic carbocycles. The summed E-state index contributed by atoms with van der Waals surface area (Å²) in [6, 6.07) is 11.3. The zero-order valence-corrected chi connectivity index (χ0v) is 17.5. The molecule has 0 amide bonds. The number of aryl methyl sites for hydroxylation is 1. The lowest BCUT2D eigenvalue weighted by molar-refractivity contribution is 0.174. The smallest absolute Gasteiger partial charge is 0.231 e. The summed E-state index contributed by atoms with van der Waals surface area (Å²) >= 11 is 6.31. The maximum absolute atomic E-state index is 10.3. The second-order valence-electron chi connectivity index (χ2n) is 7.40. The number of hydrogen-bond donors (Lipinski definition) is 1. The summed E-state index contributed by atoms with van der Waals surface area (Å²) in [5, 5.41) is 15.8. The van der Waals surface area contributed by atoms with Gasteiger partial charge in [0, 0.05) is 41.0 Å². The van der Waals surface area contributed by atoms with Crippen LogP contribution in [0.2, 0.25) is 5.02 Å². The summed E-state index contributed by atoms with van der Waals surface area (Å²) in [5.41, 5.74) is 5.14. The molecule has 6 nitrogen and oxygen atoms in total. The molecular weight excluding hydrogens is 390 g/mol. The van der Waals surface area contributed by atoms with Crippen molar-refractivity contribution in [2.75, 3.05) is 13.8 Å². The molecule has 1 aliphatic rings. The molecular formula is C22H24ClN3O3. The summed E-state index contributed by atoms with van der Waals surface area (Å²) in [5.74, 6) is 1.47. The highest BCUT2D eigenvalue weighted by Gasteiger charge is 2.19. The highest BCUT2D eigenvalue weighted by atomic mass is 35.5. The van der Waals surface area contributed by atoms with E-state index in [4.69, 9.17) is 26.2 Å². The molecule has 0 spiro atoms. The number of benzene rings is 2. The quantitative estimate of drug-likeness (QED) is 0.654. The highest BCUT2D eigenvalue weighted by Crippen LogP contribution is 2.38. The molecule has 0 saturated heterocycles. The second-order valence-corrected chi connectivity index (χ2v) is 7.81. The van der Waals surface area contributed by atoms with Crippen LogP contribution in [0.3, 0.4) is 0 Å². The van der Waals surface area contributed by atoms with Gasteiger partial charge in [0.1, 0.15) is 5.75 Å². The van der Waals surface area contributed by atoms with Gasteiger partial charge >= 0.3 is 0 Å². The van der Waals surface area contributed by atoms with Gasteiger partial charge in [-0.2, -0.15) is 5.10 Å². The fourth-order valence-corrected chi connectivity index (χ4v) is 3.82. The first-order chi connectivity index (χ1) is 13.9. The molecule has 152 valence electrons. The molecule has 2 heterocycles. The van der Waals surface area contributed by atoms with Gasteiger partial charge in [-0.3, -0.25) is 9.58 Å². The topological polar surface area (TPSA) is 59.8 Å². The monoisotopic (exact) mass is 413 g/mol. The molecule has 0 radical (unpaired) electrons. The maximum atomic E-state index is 10.3. The molecule has 7 heteroatoms. The minimum atomic E-state index is 0.192. The second kappa shape index (κ2) is 7.97. The molecule has 0 saturated carbocycles. The third-order valence-electron chi connectivity index (χ3n) is 5.25. The normalized spacial score (nSPS) is 12.7. The molecule has 1 aromatic heterocycles. The molecule has 0 aliphatic carbocycles. The summed E-state index contributed by atoms with van der Waals surface area (Å²) < 4.78 is 12.7. The maximum Gasteiger partial charge on any atom is 0.231 e. The standard InChI is InChI=1S/C22H24ClN3O3/c1-14-18(15(2)26(24-14)11-16-6-4-5-7-19(16)23)12-25(3)10-17-8-21-22(9-20(17)27)29-13-28-21/h4-9,27H,10-13H2,1-3H3. The number of aromatic hydroxyl groups is 1. The van der Waals surface area contributed by atoms with Crippen molar-refractivity contribution in [3.8, 4) is 17.2 Å². The van der Waals surface area contributed by atoms with Crippen molar-refractivity contribution in [1.82, 2.24) is 14.7 Å². The fourth-order valence-electron chi connectivity index (χ4n) is 3.62. The van der Waals surface area contributed by atoms with Crippen molar-refractivity contribution in [3.63, 3.8) is 0 Å². The Morgan fingerprint density at radius 3 is 2.59 bits per heavy atom. The molecule has 0 unspecified atom stereocenters. The van der Waals surface area contributed by atoms with E-state index in [1.807, 2.05) is 49.0 Å². The number of halogens is 1. The molecule has 0 fully saturated rings. The van der Waals surface area contributed by atoms with E-state index in [9.17, 15) is 5.11 Å². The van der Waals surface area contributed by atoms with Crippen molar-refractivity contribution in [2.24, 2.45) is 0 Å². The summed E-state index contributed by atoms with van der Waals surface area (Å²) in [4.78, 5) is 2.15. The van der Waals surface area contributed by atoms with Crippen LogP contribution >= 0.6 is 11.6 Å². The van der Waals surface area contributed by atoms with Crippen molar-refractivity contribution < 1.29 is 14.6 Å². The van der Waals surface area contributed by atoms with Crippen molar-refractivity contribution in [1.29, 1.82) is 0 Å². The van der Waals surface area contributed by atoms with E-state index < -0.39 is 0 Å². The van der Waals surface area contributed by atoms with Gasteiger partial charge in [0.2, 0.25) is 6.79 Å². The van der Waals surface area contributed by atoms with Crippen LogP contribution in [0.4, 0.5) is 0 Å². The number of ether oxygens (including phenoxy) is 2. The zero-order chi connectivity index (χ0) is 20.5. The highest BCUT2D eigenvalue weighted by molar-refractivity contribution is 6.31. The largest absolute Gasteiger partial charge is 0.507 e. The van der Waals surface area contributed by atoms with E-state index in [1.165, 1.54) is 5.56 Å². The van der Waals surface area contributed by atoms with Crippen molar-refractivity contribution in [3.05, 3.63) is 69.5 Å². The van der Waals surface area contributed by atoms with E-state index in [2.05, 4.69) is 11.8 Å².